The van der Waals surface area contributed by atoms with Crippen LogP contribution in [0.5, 0.6) is 0 Å². The van der Waals surface area contributed by atoms with Gasteiger partial charge in [-0.3, -0.25) is 9.59 Å². The van der Waals surface area contributed by atoms with E-state index in [0.717, 1.165) is 44.9 Å². The lowest BCUT2D eigenvalue weighted by molar-refractivity contribution is -0.143. The molecule has 79 heavy (non-hydrogen) atoms. The fourth-order valence-electron chi connectivity index (χ4n) is 11.5. The Morgan fingerprint density at radius 3 is 0.899 bits per heavy atom. The van der Waals surface area contributed by atoms with Crippen molar-refractivity contribution >= 4 is 11.9 Å². The molecule has 0 aromatic rings. The first-order chi connectivity index (χ1) is 39.0. The Morgan fingerprint density at radius 1 is 0.342 bits per heavy atom. The Hall–Kier alpha value is -1.66. The van der Waals surface area contributed by atoms with E-state index in [4.69, 9.17) is 4.74 Å². The number of aliphatic hydroxyl groups excluding tert-OH is 2. The molecule has 0 bridgehead atoms. The molecule has 0 aromatic heterocycles. The minimum Gasteiger partial charge on any atom is -0.466 e. The van der Waals surface area contributed by atoms with E-state index in [1.54, 1.807) is 0 Å². The van der Waals surface area contributed by atoms with Crippen molar-refractivity contribution in [1.82, 2.24) is 5.32 Å². The number of hydrogen-bond acceptors (Lipinski definition) is 5. The van der Waals surface area contributed by atoms with Crippen molar-refractivity contribution in [1.29, 1.82) is 0 Å². The monoisotopic (exact) mass is 1110 g/mol. The topological polar surface area (TPSA) is 95.9 Å². The van der Waals surface area contributed by atoms with E-state index < -0.39 is 12.1 Å². The summed E-state index contributed by atoms with van der Waals surface area (Å²) in [5, 5.41) is 23.4. The highest BCUT2D eigenvalue weighted by Gasteiger charge is 2.20. The molecule has 6 heteroatoms. The molecule has 0 aliphatic carbocycles. The molecular formula is C73H141NO5. The number of ether oxygens (including phenoxy) is 1. The summed E-state index contributed by atoms with van der Waals surface area (Å²) in [6.07, 6.45) is 86.5. The molecular weight excluding hydrogens is 971 g/mol. The van der Waals surface area contributed by atoms with Gasteiger partial charge in [-0.2, -0.15) is 0 Å². The van der Waals surface area contributed by atoms with Crippen molar-refractivity contribution in [2.45, 2.75) is 418 Å². The third kappa shape index (κ3) is 65.4. The molecule has 468 valence electrons. The van der Waals surface area contributed by atoms with Gasteiger partial charge >= 0.3 is 5.97 Å². The molecule has 2 atom stereocenters. The van der Waals surface area contributed by atoms with E-state index in [-0.39, 0.29) is 18.5 Å². The minimum atomic E-state index is -0.669. The van der Waals surface area contributed by atoms with Gasteiger partial charge in [0, 0.05) is 12.8 Å². The fraction of sp³-hybridized carbons (Fsp3) is 0.918. The predicted octanol–water partition coefficient (Wildman–Crippen LogP) is 23.3. The van der Waals surface area contributed by atoms with E-state index in [0.29, 0.717) is 25.9 Å². The number of amides is 1. The first kappa shape index (κ1) is 77.3. The van der Waals surface area contributed by atoms with Crippen molar-refractivity contribution in [3.8, 4) is 0 Å². The van der Waals surface area contributed by atoms with Crippen LogP contribution >= 0.6 is 0 Å². The molecule has 0 radical (unpaired) electrons. The zero-order chi connectivity index (χ0) is 57.1. The van der Waals surface area contributed by atoms with Crippen molar-refractivity contribution in [3.05, 3.63) is 24.3 Å². The summed E-state index contributed by atoms with van der Waals surface area (Å²) in [6, 6.07) is -0.547. The highest BCUT2D eigenvalue weighted by molar-refractivity contribution is 5.76. The Balaban J connectivity index is 3.39. The molecule has 2 unspecified atom stereocenters. The summed E-state index contributed by atoms with van der Waals surface area (Å²) in [7, 11) is 0. The Morgan fingerprint density at radius 2 is 0.595 bits per heavy atom. The lowest BCUT2D eigenvalue weighted by Gasteiger charge is -2.22. The van der Waals surface area contributed by atoms with E-state index in [1.807, 2.05) is 0 Å². The normalized spacial score (nSPS) is 12.6. The van der Waals surface area contributed by atoms with E-state index >= 15 is 0 Å². The molecule has 0 aliphatic heterocycles. The number of nitrogens with one attached hydrogen (secondary N) is 1. The molecule has 1 amide bonds. The summed E-state index contributed by atoms with van der Waals surface area (Å²) in [6.45, 7) is 4.99. The number of unbranched alkanes of at least 4 members (excludes halogenated alkanes) is 53. The minimum absolute atomic E-state index is 0.0121. The number of carbonyl (C=O) groups is 2. The predicted molar refractivity (Wildman–Crippen MR) is 347 cm³/mol. The van der Waals surface area contributed by atoms with Crippen LogP contribution in [-0.2, 0) is 14.3 Å². The molecule has 0 saturated carbocycles. The lowest BCUT2D eigenvalue weighted by Crippen LogP contribution is -2.45. The summed E-state index contributed by atoms with van der Waals surface area (Å²) in [5.74, 6) is -0.0250. The number of hydrogen-bond donors (Lipinski definition) is 3. The molecule has 0 rings (SSSR count). The highest BCUT2D eigenvalue weighted by Crippen LogP contribution is 2.19. The number of allylic oxidation sites excluding steroid dienone is 4. The van der Waals surface area contributed by atoms with Crippen LogP contribution in [0, 0.1) is 0 Å². The van der Waals surface area contributed by atoms with Gasteiger partial charge in [-0.15, -0.1) is 0 Å². The van der Waals surface area contributed by atoms with Gasteiger partial charge in [0.25, 0.3) is 0 Å². The second-order valence-corrected chi connectivity index (χ2v) is 24.9. The maximum Gasteiger partial charge on any atom is 0.305 e. The van der Waals surface area contributed by atoms with Gasteiger partial charge in [0.2, 0.25) is 5.91 Å². The van der Waals surface area contributed by atoms with Crippen LogP contribution in [-0.4, -0.2) is 47.4 Å². The maximum atomic E-state index is 12.5. The van der Waals surface area contributed by atoms with Gasteiger partial charge in [-0.25, -0.2) is 0 Å². The van der Waals surface area contributed by atoms with Crippen molar-refractivity contribution in [2.24, 2.45) is 0 Å². The Labute approximate surface area is 494 Å². The van der Waals surface area contributed by atoms with Gasteiger partial charge in [-0.1, -0.05) is 340 Å². The maximum absolute atomic E-state index is 12.5. The third-order valence-corrected chi connectivity index (χ3v) is 17.0. The summed E-state index contributed by atoms with van der Waals surface area (Å²) >= 11 is 0. The van der Waals surface area contributed by atoms with Crippen LogP contribution in [0.2, 0.25) is 0 Å². The largest absolute Gasteiger partial charge is 0.466 e. The van der Waals surface area contributed by atoms with Crippen LogP contribution in [0.1, 0.15) is 406 Å². The van der Waals surface area contributed by atoms with Gasteiger partial charge in [0.1, 0.15) is 0 Å². The van der Waals surface area contributed by atoms with Crippen LogP contribution in [0.3, 0.4) is 0 Å². The highest BCUT2D eigenvalue weighted by atomic mass is 16.5. The van der Waals surface area contributed by atoms with Gasteiger partial charge < -0.3 is 20.3 Å². The molecule has 6 nitrogen and oxygen atoms in total. The average molecular weight is 1110 g/mol. The van der Waals surface area contributed by atoms with Crippen molar-refractivity contribution in [2.75, 3.05) is 13.2 Å². The van der Waals surface area contributed by atoms with Crippen LogP contribution in [0.15, 0.2) is 24.3 Å². The number of carbonyl (C=O) groups excluding carboxylic acids is 2. The van der Waals surface area contributed by atoms with E-state index in [2.05, 4.69) is 43.5 Å². The van der Waals surface area contributed by atoms with Crippen molar-refractivity contribution < 1.29 is 24.5 Å². The lowest BCUT2D eigenvalue weighted by atomic mass is 10.0. The summed E-state index contributed by atoms with van der Waals surface area (Å²) in [5.41, 5.74) is 0. The number of aliphatic hydroxyl groups is 2. The Kier molecular flexibility index (Phi) is 67.4. The average Bonchev–Trinajstić information content (AvgIpc) is 3.45. The number of esters is 1. The van der Waals surface area contributed by atoms with Gasteiger partial charge in [0.05, 0.1) is 25.4 Å². The van der Waals surface area contributed by atoms with Crippen molar-refractivity contribution in [3.63, 3.8) is 0 Å². The van der Waals surface area contributed by atoms with Gasteiger partial charge in [-0.05, 0) is 77.0 Å². The zero-order valence-corrected chi connectivity index (χ0v) is 53.6. The molecule has 3 N–H and O–H groups in total. The van der Waals surface area contributed by atoms with Gasteiger partial charge in [0.15, 0.2) is 0 Å². The quantitative estimate of drug-likeness (QED) is 0.0320. The second kappa shape index (κ2) is 68.8. The third-order valence-electron chi connectivity index (χ3n) is 17.0. The number of rotatable bonds is 68. The first-order valence-corrected chi connectivity index (χ1v) is 36.1. The van der Waals surface area contributed by atoms with Crippen LogP contribution in [0.4, 0.5) is 0 Å². The molecule has 0 saturated heterocycles. The summed E-state index contributed by atoms with van der Waals surface area (Å²) in [4.78, 5) is 24.7. The molecule has 0 spiro atoms. The second-order valence-electron chi connectivity index (χ2n) is 24.9. The first-order valence-electron chi connectivity index (χ1n) is 36.1. The smallest absolute Gasteiger partial charge is 0.305 e. The molecule has 0 fully saturated rings. The molecule has 0 aliphatic rings. The molecule has 0 heterocycles. The standard InChI is InChI=1S/C73H141NO5/c1-3-5-7-9-11-13-15-17-19-21-23-30-33-37-41-45-49-53-57-61-65-71(76)70(69-75)74-72(77)66-62-58-54-50-46-42-38-34-31-27-25-24-26-28-32-36-40-44-48-52-56-60-64-68-79-73(78)67-63-59-55-51-47-43-39-35-29-22-20-18-16-14-12-10-8-6-4-2/h18,20,27,31,70-71,75-76H,3-17,19,21-26,28-30,32-69H2,1-2H3,(H,74,77)/b20-18-,31-27-. The van der Waals surface area contributed by atoms with Crippen LogP contribution in [0.25, 0.3) is 0 Å². The SMILES string of the molecule is CCCCCCCC/C=C\CCCCCCCCCCCC(=O)OCCCCCCCCCCCCCC/C=C\CCCCCCCCCC(=O)NC(CO)C(O)CCCCCCCCCCCCCCCCCCCCCC. The summed E-state index contributed by atoms with van der Waals surface area (Å²) < 4.78 is 5.51. The zero-order valence-electron chi connectivity index (χ0n) is 53.6. The Bertz CT molecular complexity index is 1230. The van der Waals surface area contributed by atoms with E-state index in [9.17, 15) is 19.8 Å². The fourth-order valence-corrected chi connectivity index (χ4v) is 11.5. The van der Waals surface area contributed by atoms with Crippen LogP contribution < -0.4 is 5.32 Å². The molecule has 0 aromatic carbocycles. The van der Waals surface area contributed by atoms with E-state index in [1.165, 1.54) is 327 Å².